The van der Waals surface area contributed by atoms with Gasteiger partial charge in [0.2, 0.25) is 5.88 Å². The van der Waals surface area contributed by atoms with Gasteiger partial charge in [-0.05, 0) is 55.1 Å². The molecule has 4 heterocycles. The van der Waals surface area contributed by atoms with E-state index in [-0.39, 0.29) is 29.3 Å². The summed E-state index contributed by atoms with van der Waals surface area (Å²) in [5.41, 5.74) is 1.94. The fourth-order valence-corrected chi connectivity index (χ4v) is 5.35. The molecule has 228 valence electrons. The Balaban J connectivity index is 1.21. The van der Waals surface area contributed by atoms with E-state index in [1.807, 2.05) is 18.0 Å². The number of fused-ring (bicyclic) bond motifs is 1. The second kappa shape index (κ2) is 12.2. The summed E-state index contributed by atoms with van der Waals surface area (Å²) in [6.07, 6.45) is -1.22. The molecule has 1 fully saturated rings. The van der Waals surface area contributed by atoms with E-state index in [2.05, 4.69) is 32.4 Å². The molecule has 0 radical (unpaired) electrons. The highest BCUT2D eigenvalue weighted by molar-refractivity contribution is 6.04. The zero-order valence-electron chi connectivity index (χ0n) is 24.4. The Morgan fingerprint density at radius 2 is 1.89 bits per heavy atom. The largest absolute Gasteiger partial charge is 0.437 e. The number of amides is 1. The summed E-state index contributed by atoms with van der Waals surface area (Å²) < 4.78 is 48.3. The predicted octanol–water partition coefficient (Wildman–Crippen LogP) is 5.88. The minimum atomic E-state index is -4.56. The van der Waals surface area contributed by atoms with E-state index in [9.17, 15) is 18.0 Å². The molecule has 4 aromatic rings. The number of pyridine rings is 1. The molecule has 2 aliphatic rings. The van der Waals surface area contributed by atoms with Gasteiger partial charge in [0, 0.05) is 74.4 Å². The minimum absolute atomic E-state index is 0.0590. The first-order valence-electron chi connectivity index (χ1n) is 14.4. The molecule has 2 aromatic carbocycles. The van der Waals surface area contributed by atoms with Crippen LogP contribution >= 0.6 is 0 Å². The van der Waals surface area contributed by atoms with Crippen molar-refractivity contribution in [3.8, 4) is 23.0 Å². The number of alkyl halides is 3. The average molecular weight is 604 g/mol. The van der Waals surface area contributed by atoms with Crippen molar-refractivity contribution in [3.63, 3.8) is 0 Å². The van der Waals surface area contributed by atoms with E-state index in [1.54, 1.807) is 36.7 Å². The van der Waals surface area contributed by atoms with Gasteiger partial charge in [-0.15, -0.1) is 0 Å². The fraction of sp³-hybridized carbons (Fsp3) is 0.312. The summed E-state index contributed by atoms with van der Waals surface area (Å²) in [6.45, 7) is 5.92. The van der Waals surface area contributed by atoms with Gasteiger partial charge in [-0.25, -0.2) is 4.98 Å². The van der Waals surface area contributed by atoms with Crippen LogP contribution in [0.5, 0.6) is 11.6 Å². The third kappa shape index (κ3) is 6.51. The number of piperazine rings is 1. The summed E-state index contributed by atoms with van der Waals surface area (Å²) in [6, 6.07) is 14.0. The first-order chi connectivity index (χ1) is 21.1. The molecule has 0 aliphatic carbocycles. The molecule has 0 bridgehead atoms. The maximum absolute atomic E-state index is 14.0. The van der Waals surface area contributed by atoms with Gasteiger partial charge in [-0.3, -0.25) is 14.7 Å². The highest BCUT2D eigenvalue weighted by Crippen LogP contribution is 2.40. The average Bonchev–Trinajstić information content (AvgIpc) is 3.39. The summed E-state index contributed by atoms with van der Waals surface area (Å²) in [5.74, 6) is 0.688. The summed E-state index contributed by atoms with van der Waals surface area (Å²) in [4.78, 5) is 30.8. The normalized spacial score (nSPS) is 17.2. The molecule has 44 heavy (non-hydrogen) atoms. The topological polar surface area (TPSA) is 95.5 Å². The highest BCUT2D eigenvalue weighted by atomic mass is 19.4. The maximum atomic E-state index is 14.0. The molecule has 2 N–H and O–H groups in total. The van der Waals surface area contributed by atoms with Crippen molar-refractivity contribution in [2.75, 3.05) is 50.4 Å². The lowest BCUT2D eigenvalue weighted by molar-refractivity contribution is -0.138. The van der Waals surface area contributed by atoms with E-state index in [0.29, 0.717) is 42.8 Å². The molecule has 9 nitrogen and oxygen atoms in total. The molecule has 1 unspecified atom stereocenters. The molecule has 6 rings (SSSR count). The van der Waals surface area contributed by atoms with E-state index in [4.69, 9.17) is 9.72 Å². The number of anilines is 2. The lowest BCUT2D eigenvalue weighted by atomic mass is 10.0. The van der Waals surface area contributed by atoms with Gasteiger partial charge in [0.05, 0.1) is 11.3 Å². The van der Waals surface area contributed by atoms with Gasteiger partial charge >= 0.3 is 6.18 Å². The second-order valence-corrected chi connectivity index (χ2v) is 11.2. The molecular weight excluding hydrogens is 571 g/mol. The molecule has 1 amide bonds. The van der Waals surface area contributed by atoms with Crippen molar-refractivity contribution in [3.05, 3.63) is 89.4 Å². The van der Waals surface area contributed by atoms with Crippen molar-refractivity contribution < 1.29 is 22.7 Å². The van der Waals surface area contributed by atoms with E-state index >= 15 is 0 Å². The molecule has 2 aliphatic heterocycles. The number of rotatable bonds is 7. The zero-order chi connectivity index (χ0) is 30.8. The van der Waals surface area contributed by atoms with Crippen molar-refractivity contribution in [1.82, 2.24) is 24.8 Å². The van der Waals surface area contributed by atoms with Gasteiger partial charge in [-0.2, -0.15) is 18.2 Å². The van der Waals surface area contributed by atoms with Crippen molar-refractivity contribution in [2.45, 2.75) is 25.6 Å². The van der Waals surface area contributed by atoms with Crippen LogP contribution in [0.2, 0.25) is 0 Å². The number of carbonyl (C=O) groups is 1. The summed E-state index contributed by atoms with van der Waals surface area (Å²) >= 11 is 0. The third-order valence-corrected chi connectivity index (χ3v) is 7.85. The third-order valence-electron chi connectivity index (χ3n) is 7.85. The van der Waals surface area contributed by atoms with Crippen LogP contribution in [0, 0.1) is 0 Å². The number of nitrogens with zero attached hydrogens (tertiary/aromatic N) is 5. The smallest absolute Gasteiger partial charge is 0.416 e. The molecule has 1 atom stereocenters. The van der Waals surface area contributed by atoms with Crippen LogP contribution in [0.15, 0.2) is 67.0 Å². The Morgan fingerprint density at radius 3 is 2.64 bits per heavy atom. The quantitative estimate of drug-likeness (QED) is 0.271. The zero-order valence-corrected chi connectivity index (χ0v) is 24.4. The number of benzene rings is 2. The van der Waals surface area contributed by atoms with E-state index in [0.717, 1.165) is 30.4 Å². The predicted molar refractivity (Wildman–Crippen MR) is 161 cm³/mol. The number of ether oxygens (including phenoxy) is 1. The molecule has 12 heteroatoms. The van der Waals surface area contributed by atoms with Crippen molar-refractivity contribution in [2.24, 2.45) is 0 Å². The molecular formula is C32H32F3N7O2. The molecule has 1 saturated heterocycles. The number of hydrogen-bond acceptors (Lipinski definition) is 8. The van der Waals surface area contributed by atoms with Crippen LogP contribution in [-0.2, 0) is 12.7 Å². The number of aromatic nitrogens is 3. The van der Waals surface area contributed by atoms with Crippen LogP contribution in [0.25, 0.3) is 11.4 Å². The van der Waals surface area contributed by atoms with Gasteiger partial charge in [0.25, 0.3) is 5.91 Å². The maximum Gasteiger partial charge on any atom is 0.416 e. The van der Waals surface area contributed by atoms with Gasteiger partial charge in [-0.1, -0.05) is 19.1 Å². The van der Waals surface area contributed by atoms with Crippen molar-refractivity contribution in [1.29, 1.82) is 0 Å². The van der Waals surface area contributed by atoms with Crippen LogP contribution < -0.4 is 15.4 Å². The Labute approximate surface area is 253 Å². The molecule has 0 saturated carbocycles. The Bertz CT molecular complexity index is 1660. The van der Waals surface area contributed by atoms with Crippen molar-refractivity contribution >= 4 is 17.3 Å². The van der Waals surface area contributed by atoms with Gasteiger partial charge in [0.1, 0.15) is 11.4 Å². The first kappa shape index (κ1) is 29.5. The van der Waals surface area contributed by atoms with Crippen LogP contribution in [0.3, 0.4) is 0 Å². The lowest BCUT2D eigenvalue weighted by Crippen LogP contribution is -2.44. The van der Waals surface area contributed by atoms with Crippen LogP contribution in [-0.4, -0.2) is 70.4 Å². The van der Waals surface area contributed by atoms with Crippen LogP contribution in [0.1, 0.15) is 40.0 Å². The van der Waals surface area contributed by atoms with Gasteiger partial charge < -0.3 is 20.3 Å². The SMILES string of the molecule is CC1CNc2c(Oc3cccc(C(=O)Nc4ccc(CN5CCN(C)CC5)c(C(F)(F)F)c4)c3)nc(-c3cccnc3)nc21. The van der Waals surface area contributed by atoms with E-state index < -0.39 is 17.6 Å². The van der Waals surface area contributed by atoms with Crippen LogP contribution in [0.4, 0.5) is 24.5 Å². The first-order valence-corrected chi connectivity index (χ1v) is 14.4. The monoisotopic (exact) mass is 603 g/mol. The fourth-order valence-electron chi connectivity index (χ4n) is 5.35. The number of halogens is 3. The standard InChI is InChI=1S/C32H32F3N7O2/c1-20-17-37-28-27(20)39-29(22-6-4-10-36-18-22)40-31(28)44-25-7-3-5-21(15-25)30(43)38-24-9-8-23(26(16-24)32(33,34)35)19-42-13-11-41(2)12-14-42/h3-10,15-16,18,20,37H,11-14,17,19H2,1-2H3,(H,38,43). The minimum Gasteiger partial charge on any atom is -0.437 e. The summed E-state index contributed by atoms with van der Waals surface area (Å²) in [5, 5.41) is 5.91. The Morgan fingerprint density at radius 1 is 1.07 bits per heavy atom. The number of hydrogen-bond donors (Lipinski definition) is 2. The number of carbonyl (C=O) groups excluding carboxylic acids is 1. The number of nitrogens with one attached hydrogen (secondary N) is 2. The summed E-state index contributed by atoms with van der Waals surface area (Å²) in [7, 11) is 2.00. The Hall–Kier alpha value is -4.55. The number of likely N-dealkylation sites (N-methyl/N-ethyl adjacent to an activating group) is 1. The molecule has 2 aromatic heterocycles. The highest BCUT2D eigenvalue weighted by Gasteiger charge is 2.34. The second-order valence-electron chi connectivity index (χ2n) is 11.2. The Kier molecular flexibility index (Phi) is 8.19. The van der Waals surface area contributed by atoms with E-state index in [1.165, 1.54) is 18.2 Å². The van der Waals surface area contributed by atoms with Gasteiger partial charge in [0.15, 0.2) is 5.82 Å². The lowest BCUT2D eigenvalue weighted by Gasteiger charge is -2.33. The molecule has 0 spiro atoms.